The largest absolute Gasteiger partial charge is 0.352 e. The molecule has 5 heteroatoms. The molecule has 0 unspecified atom stereocenters. The van der Waals surface area contributed by atoms with E-state index >= 15 is 0 Å². The number of fused-ring (bicyclic) bond motifs is 1. The monoisotopic (exact) mass is 326 g/mol. The van der Waals surface area contributed by atoms with Crippen molar-refractivity contribution in [3.05, 3.63) is 71.0 Å². The van der Waals surface area contributed by atoms with E-state index in [0.717, 1.165) is 20.8 Å². The van der Waals surface area contributed by atoms with Gasteiger partial charge in [0.1, 0.15) is 10.8 Å². The van der Waals surface area contributed by atoms with Crippen LogP contribution in [0.25, 0.3) is 16.3 Å². The Labute approximate surface area is 137 Å². The molecular weight excluding hydrogens is 311 g/mol. The van der Waals surface area contributed by atoms with Gasteiger partial charge in [0.25, 0.3) is 0 Å². The predicted molar refractivity (Wildman–Crippen MR) is 91.8 cm³/mol. The summed E-state index contributed by atoms with van der Waals surface area (Å²) in [6.45, 7) is 0.509. The van der Waals surface area contributed by atoms with Gasteiger partial charge in [0, 0.05) is 12.6 Å². The van der Waals surface area contributed by atoms with Gasteiger partial charge < -0.3 is 5.32 Å². The van der Waals surface area contributed by atoms with Crippen LogP contribution in [0.3, 0.4) is 0 Å². The van der Waals surface area contributed by atoms with Gasteiger partial charge in [-0.25, -0.2) is 9.37 Å². The maximum atomic E-state index is 12.8. The van der Waals surface area contributed by atoms with E-state index in [1.165, 1.54) is 18.2 Å². The molecule has 0 aliphatic carbocycles. The number of carbonyl (C=O) groups excluding carboxylic acids is 1. The summed E-state index contributed by atoms with van der Waals surface area (Å²) < 4.78 is 13.9. The summed E-state index contributed by atoms with van der Waals surface area (Å²) in [6, 6.07) is 14.2. The molecule has 1 aromatic heterocycles. The number of amides is 1. The van der Waals surface area contributed by atoms with Crippen molar-refractivity contribution in [2.75, 3.05) is 6.54 Å². The number of carbonyl (C=O) groups is 1. The van der Waals surface area contributed by atoms with Gasteiger partial charge in [0.05, 0.1) is 10.2 Å². The normalized spacial score (nSPS) is 11.2. The molecule has 1 amide bonds. The Kier molecular flexibility index (Phi) is 4.78. The first-order chi connectivity index (χ1) is 11.2. The Bertz CT molecular complexity index is 807. The van der Waals surface area contributed by atoms with Crippen molar-refractivity contribution in [1.82, 2.24) is 10.3 Å². The molecule has 0 spiro atoms. The van der Waals surface area contributed by atoms with Gasteiger partial charge in [0.2, 0.25) is 5.91 Å². The van der Waals surface area contributed by atoms with Crippen LogP contribution >= 0.6 is 11.3 Å². The predicted octanol–water partition coefficient (Wildman–Crippen LogP) is 3.81. The number of hydrogen-bond acceptors (Lipinski definition) is 3. The summed E-state index contributed by atoms with van der Waals surface area (Å²) in [7, 11) is 0. The van der Waals surface area contributed by atoms with E-state index < -0.39 is 0 Å². The summed E-state index contributed by atoms with van der Waals surface area (Å²) in [6.07, 6.45) is 3.88. The number of nitrogens with one attached hydrogen (secondary N) is 1. The number of halogens is 1. The highest BCUT2D eigenvalue weighted by molar-refractivity contribution is 7.19. The zero-order valence-electron chi connectivity index (χ0n) is 12.3. The first-order valence-electron chi connectivity index (χ1n) is 7.27. The summed E-state index contributed by atoms with van der Waals surface area (Å²) >= 11 is 1.55. The zero-order chi connectivity index (χ0) is 16.1. The van der Waals surface area contributed by atoms with E-state index in [0.29, 0.717) is 13.0 Å². The standard InChI is InChI=1S/C18H15FN2OS/c19-14-7-5-13(6-8-14)11-12-20-17(22)9-10-18-21-15-3-1-2-4-16(15)23-18/h1-10H,11-12H2,(H,20,22)/b10-9+. The lowest BCUT2D eigenvalue weighted by Crippen LogP contribution is -2.23. The van der Waals surface area contributed by atoms with E-state index in [4.69, 9.17) is 0 Å². The third-order valence-corrected chi connectivity index (χ3v) is 4.32. The Morgan fingerprint density at radius 3 is 2.74 bits per heavy atom. The number of thiazole rings is 1. The third kappa shape index (κ3) is 4.23. The molecule has 1 heterocycles. The van der Waals surface area contributed by atoms with Crippen LogP contribution in [0.2, 0.25) is 0 Å². The number of hydrogen-bond donors (Lipinski definition) is 1. The van der Waals surface area contributed by atoms with Crippen molar-refractivity contribution in [3.63, 3.8) is 0 Å². The van der Waals surface area contributed by atoms with Gasteiger partial charge >= 0.3 is 0 Å². The molecular formula is C18H15FN2OS. The number of rotatable bonds is 5. The zero-order valence-corrected chi connectivity index (χ0v) is 13.1. The highest BCUT2D eigenvalue weighted by Crippen LogP contribution is 2.22. The van der Waals surface area contributed by atoms with Gasteiger partial charge in [-0.15, -0.1) is 11.3 Å². The van der Waals surface area contributed by atoms with Crippen molar-refractivity contribution < 1.29 is 9.18 Å². The summed E-state index contributed by atoms with van der Waals surface area (Å²) in [5, 5.41) is 3.61. The Morgan fingerprint density at radius 2 is 1.96 bits per heavy atom. The van der Waals surface area contributed by atoms with E-state index in [1.54, 1.807) is 29.5 Å². The fourth-order valence-electron chi connectivity index (χ4n) is 2.15. The fourth-order valence-corrected chi connectivity index (χ4v) is 3.02. The Hall–Kier alpha value is -2.53. The van der Waals surface area contributed by atoms with Crippen molar-refractivity contribution >= 4 is 33.5 Å². The molecule has 0 aliphatic heterocycles. The summed E-state index contributed by atoms with van der Waals surface area (Å²) in [4.78, 5) is 16.2. The van der Waals surface area contributed by atoms with Crippen molar-refractivity contribution in [2.24, 2.45) is 0 Å². The average Bonchev–Trinajstić information content (AvgIpc) is 2.98. The van der Waals surface area contributed by atoms with Crippen LogP contribution in [-0.2, 0) is 11.2 Å². The average molecular weight is 326 g/mol. The van der Waals surface area contributed by atoms with E-state index in [2.05, 4.69) is 10.3 Å². The van der Waals surface area contributed by atoms with E-state index in [1.807, 2.05) is 24.3 Å². The van der Waals surface area contributed by atoms with Crippen LogP contribution in [0, 0.1) is 5.82 Å². The maximum Gasteiger partial charge on any atom is 0.244 e. The van der Waals surface area contributed by atoms with Crippen LogP contribution in [0.15, 0.2) is 54.6 Å². The molecule has 116 valence electrons. The number of benzene rings is 2. The van der Waals surface area contributed by atoms with Gasteiger partial charge in [-0.05, 0) is 42.3 Å². The molecule has 0 saturated carbocycles. The molecule has 0 aliphatic rings. The van der Waals surface area contributed by atoms with E-state index in [-0.39, 0.29) is 11.7 Å². The van der Waals surface area contributed by atoms with Crippen molar-refractivity contribution in [2.45, 2.75) is 6.42 Å². The lowest BCUT2D eigenvalue weighted by atomic mass is 10.1. The number of nitrogens with zero attached hydrogens (tertiary/aromatic N) is 1. The van der Waals surface area contributed by atoms with E-state index in [9.17, 15) is 9.18 Å². The summed E-state index contributed by atoms with van der Waals surface area (Å²) in [5.74, 6) is -0.414. The molecule has 2 aromatic carbocycles. The second-order valence-corrected chi connectivity index (χ2v) is 6.08. The van der Waals surface area contributed by atoms with Crippen LogP contribution in [0.1, 0.15) is 10.6 Å². The topological polar surface area (TPSA) is 42.0 Å². The second kappa shape index (κ2) is 7.15. The second-order valence-electron chi connectivity index (χ2n) is 5.02. The first kappa shape index (κ1) is 15.4. The van der Waals surface area contributed by atoms with Crippen LogP contribution in [0.5, 0.6) is 0 Å². The van der Waals surface area contributed by atoms with Gasteiger partial charge in [-0.3, -0.25) is 4.79 Å². The molecule has 0 radical (unpaired) electrons. The number of aromatic nitrogens is 1. The van der Waals surface area contributed by atoms with Crippen LogP contribution < -0.4 is 5.32 Å². The fraction of sp³-hybridized carbons (Fsp3) is 0.111. The maximum absolute atomic E-state index is 12.8. The van der Waals surface area contributed by atoms with Gasteiger partial charge in [-0.1, -0.05) is 24.3 Å². The Balaban J connectivity index is 1.51. The molecule has 3 aromatic rings. The quantitative estimate of drug-likeness (QED) is 0.725. The van der Waals surface area contributed by atoms with Crippen molar-refractivity contribution in [1.29, 1.82) is 0 Å². The smallest absolute Gasteiger partial charge is 0.244 e. The third-order valence-electron chi connectivity index (χ3n) is 3.31. The molecule has 0 saturated heterocycles. The minimum absolute atomic E-state index is 0.161. The minimum atomic E-state index is -0.253. The minimum Gasteiger partial charge on any atom is -0.352 e. The highest BCUT2D eigenvalue weighted by atomic mass is 32.1. The molecule has 1 N–H and O–H groups in total. The van der Waals surface area contributed by atoms with Crippen LogP contribution in [0.4, 0.5) is 4.39 Å². The van der Waals surface area contributed by atoms with Crippen molar-refractivity contribution in [3.8, 4) is 0 Å². The first-order valence-corrected chi connectivity index (χ1v) is 8.08. The Morgan fingerprint density at radius 1 is 1.17 bits per heavy atom. The molecule has 0 fully saturated rings. The SMILES string of the molecule is O=C(/C=C/c1nc2ccccc2s1)NCCc1ccc(F)cc1. The number of para-hydroxylation sites is 1. The molecule has 3 rings (SSSR count). The lowest BCUT2D eigenvalue weighted by molar-refractivity contribution is -0.116. The van der Waals surface area contributed by atoms with Crippen LogP contribution in [-0.4, -0.2) is 17.4 Å². The molecule has 23 heavy (non-hydrogen) atoms. The summed E-state index contributed by atoms with van der Waals surface area (Å²) in [5.41, 5.74) is 1.93. The highest BCUT2D eigenvalue weighted by Gasteiger charge is 2.01. The molecule has 0 atom stereocenters. The van der Waals surface area contributed by atoms with Gasteiger partial charge in [0.15, 0.2) is 0 Å². The molecule has 3 nitrogen and oxygen atoms in total. The lowest BCUT2D eigenvalue weighted by Gasteiger charge is -2.02. The molecule has 0 bridgehead atoms. The van der Waals surface area contributed by atoms with Gasteiger partial charge in [-0.2, -0.15) is 0 Å².